The number of amides is 1. The molecule has 1 aliphatic carbocycles. The van der Waals surface area contributed by atoms with Gasteiger partial charge in [-0.2, -0.15) is 5.26 Å². The summed E-state index contributed by atoms with van der Waals surface area (Å²) in [5, 5.41) is 15.6. The van der Waals surface area contributed by atoms with Crippen LogP contribution < -0.4 is 10.6 Å². The zero-order chi connectivity index (χ0) is 18.6. The van der Waals surface area contributed by atoms with Gasteiger partial charge in [-0.25, -0.2) is 9.78 Å². The van der Waals surface area contributed by atoms with Crippen molar-refractivity contribution in [2.45, 2.75) is 64.1 Å². The van der Waals surface area contributed by atoms with E-state index < -0.39 is 5.60 Å². The van der Waals surface area contributed by atoms with E-state index >= 15 is 0 Å². The van der Waals surface area contributed by atoms with Crippen LogP contribution in [0.1, 0.15) is 52.0 Å². The van der Waals surface area contributed by atoms with Crippen LogP contribution in [0.3, 0.4) is 0 Å². The van der Waals surface area contributed by atoms with Gasteiger partial charge < -0.3 is 15.4 Å². The lowest BCUT2D eigenvalue weighted by Crippen LogP contribution is -2.42. The minimum Gasteiger partial charge on any atom is -0.444 e. The van der Waals surface area contributed by atoms with E-state index in [-0.39, 0.29) is 28.9 Å². The molecule has 1 amide bonds. The lowest BCUT2D eigenvalue weighted by molar-refractivity contribution is 0.0492. The second-order valence-corrected chi connectivity index (χ2v) is 7.87. The van der Waals surface area contributed by atoms with Gasteiger partial charge in [0.2, 0.25) is 0 Å². The lowest BCUT2D eigenvalue weighted by Gasteiger charge is -2.31. The van der Waals surface area contributed by atoms with Crippen molar-refractivity contribution < 1.29 is 9.53 Å². The minimum atomic E-state index is -0.500. The highest BCUT2D eigenvalue weighted by molar-refractivity contribution is 6.34. The number of anilines is 1. The van der Waals surface area contributed by atoms with Crippen molar-refractivity contribution in [1.82, 2.24) is 10.3 Å². The fourth-order valence-corrected chi connectivity index (χ4v) is 3.08. The molecule has 0 bridgehead atoms. The number of halogens is 2. The summed E-state index contributed by atoms with van der Waals surface area (Å²) in [7, 11) is 0. The number of ether oxygens (including phenoxy) is 1. The first-order valence-electron chi connectivity index (χ1n) is 8.20. The van der Waals surface area contributed by atoms with Gasteiger partial charge in [0.25, 0.3) is 0 Å². The molecule has 0 aliphatic heterocycles. The van der Waals surface area contributed by atoms with Crippen molar-refractivity contribution in [3.05, 3.63) is 21.8 Å². The molecule has 1 aromatic heterocycles. The summed E-state index contributed by atoms with van der Waals surface area (Å²) in [6, 6.07) is 3.74. The van der Waals surface area contributed by atoms with Crippen LogP contribution in [0.15, 0.2) is 6.07 Å². The summed E-state index contributed by atoms with van der Waals surface area (Å²) < 4.78 is 5.28. The van der Waals surface area contributed by atoms with Gasteiger partial charge in [-0.1, -0.05) is 23.2 Å². The maximum absolute atomic E-state index is 11.8. The largest absolute Gasteiger partial charge is 0.444 e. The normalized spacial score (nSPS) is 20.5. The first-order valence-corrected chi connectivity index (χ1v) is 8.95. The van der Waals surface area contributed by atoms with Crippen molar-refractivity contribution in [3.8, 4) is 6.07 Å². The van der Waals surface area contributed by atoms with E-state index in [9.17, 15) is 4.79 Å². The third-order valence-electron chi connectivity index (χ3n) is 3.84. The zero-order valence-corrected chi connectivity index (χ0v) is 16.0. The fourth-order valence-electron chi connectivity index (χ4n) is 2.70. The van der Waals surface area contributed by atoms with E-state index in [0.717, 1.165) is 25.7 Å². The third-order valence-corrected chi connectivity index (χ3v) is 4.42. The van der Waals surface area contributed by atoms with E-state index in [1.165, 1.54) is 6.07 Å². The zero-order valence-electron chi connectivity index (χ0n) is 14.5. The standard InChI is InChI=1S/C17H22Cl2N4O2/c1-17(2,3)25-16(24)22-12-6-4-11(5-7-12)21-15-13(18)8-10(9-20)14(19)23-15/h8,11-12H,4-7H2,1-3H3,(H,21,23)(H,22,24). The molecule has 1 heterocycles. The average molecular weight is 385 g/mol. The molecule has 1 fully saturated rings. The Labute approximate surface area is 157 Å². The Kier molecular flexibility index (Phi) is 6.36. The number of hydrogen-bond acceptors (Lipinski definition) is 5. The van der Waals surface area contributed by atoms with Gasteiger partial charge in [-0.3, -0.25) is 0 Å². The predicted molar refractivity (Wildman–Crippen MR) is 98.0 cm³/mol. The maximum atomic E-state index is 11.8. The van der Waals surface area contributed by atoms with Gasteiger partial charge in [0.15, 0.2) is 0 Å². The molecule has 0 saturated heterocycles. The highest BCUT2D eigenvalue weighted by Crippen LogP contribution is 2.28. The molecule has 25 heavy (non-hydrogen) atoms. The molecule has 0 aromatic carbocycles. The number of nitriles is 1. The smallest absolute Gasteiger partial charge is 0.407 e. The van der Waals surface area contributed by atoms with Crippen LogP contribution >= 0.6 is 23.2 Å². The minimum absolute atomic E-state index is 0.0980. The van der Waals surface area contributed by atoms with Crippen molar-refractivity contribution in [2.75, 3.05) is 5.32 Å². The molecular formula is C17H22Cl2N4O2. The molecule has 1 aliphatic rings. The molecule has 1 aromatic rings. The number of carbonyl (C=O) groups excluding carboxylic acids is 1. The van der Waals surface area contributed by atoms with Gasteiger partial charge in [0, 0.05) is 12.1 Å². The number of carbonyl (C=O) groups is 1. The molecule has 6 nitrogen and oxygen atoms in total. The van der Waals surface area contributed by atoms with Crippen LogP contribution in [0, 0.1) is 11.3 Å². The molecule has 0 spiro atoms. The van der Waals surface area contributed by atoms with Crippen molar-refractivity contribution in [2.24, 2.45) is 0 Å². The number of pyridine rings is 1. The quantitative estimate of drug-likeness (QED) is 0.748. The first-order chi connectivity index (χ1) is 11.7. The van der Waals surface area contributed by atoms with E-state index in [0.29, 0.717) is 10.8 Å². The second-order valence-electron chi connectivity index (χ2n) is 7.11. The maximum Gasteiger partial charge on any atom is 0.407 e. The Balaban J connectivity index is 1.86. The molecule has 136 valence electrons. The van der Waals surface area contributed by atoms with Gasteiger partial charge in [0.05, 0.1) is 10.6 Å². The number of nitrogens with one attached hydrogen (secondary N) is 2. The number of aromatic nitrogens is 1. The van der Waals surface area contributed by atoms with Crippen LogP contribution in [-0.2, 0) is 4.74 Å². The SMILES string of the molecule is CC(C)(C)OC(=O)NC1CCC(Nc2nc(Cl)c(C#N)cc2Cl)CC1. The number of alkyl carbamates (subject to hydrolysis) is 1. The van der Waals surface area contributed by atoms with Crippen LogP contribution in [0.4, 0.5) is 10.6 Å². The van der Waals surface area contributed by atoms with Gasteiger partial charge in [-0.15, -0.1) is 0 Å². The molecule has 0 atom stereocenters. The molecule has 2 rings (SSSR count). The van der Waals surface area contributed by atoms with Gasteiger partial charge in [0.1, 0.15) is 22.6 Å². The number of hydrogen-bond donors (Lipinski definition) is 2. The lowest BCUT2D eigenvalue weighted by atomic mass is 9.91. The van der Waals surface area contributed by atoms with Gasteiger partial charge in [-0.05, 0) is 52.5 Å². The van der Waals surface area contributed by atoms with Crippen molar-refractivity contribution in [1.29, 1.82) is 5.26 Å². The summed E-state index contributed by atoms with van der Waals surface area (Å²) in [4.78, 5) is 16.0. The summed E-state index contributed by atoms with van der Waals surface area (Å²) in [5.41, 5.74) is -0.248. The predicted octanol–water partition coefficient (Wildman–Crippen LogP) is 4.51. The monoisotopic (exact) mass is 384 g/mol. The average Bonchev–Trinajstić information content (AvgIpc) is 2.50. The number of rotatable bonds is 3. The summed E-state index contributed by atoms with van der Waals surface area (Å²) in [6.07, 6.45) is 3.00. The van der Waals surface area contributed by atoms with E-state index in [2.05, 4.69) is 15.6 Å². The Bertz CT molecular complexity index is 674. The van der Waals surface area contributed by atoms with Crippen LogP contribution in [0.5, 0.6) is 0 Å². The first kappa shape index (κ1) is 19.6. The van der Waals surface area contributed by atoms with E-state index in [1.54, 1.807) is 0 Å². The molecule has 8 heteroatoms. The topological polar surface area (TPSA) is 87.0 Å². The van der Waals surface area contributed by atoms with Crippen LogP contribution in [0.2, 0.25) is 10.2 Å². The van der Waals surface area contributed by atoms with E-state index in [4.69, 9.17) is 33.2 Å². The Morgan fingerprint density at radius 2 is 1.88 bits per heavy atom. The van der Waals surface area contributed by atoms with Gasteiger partial charge >= 0.3 is 6.09 Å². The summed E-state index contributed by atoms with van der Waals surface area (Å²) in [5.74, 6) is 0.481. The Morgan fingerprint density at radius 1 is 1.28 bits per heavy atom. The van der Waals surface area contributed by atoms with Crippen LogP contribution in [0.25, 0.3) is 0 Å². The summed E-state index contributed by atoms with van der Waals surface area (Å²) in [6.45, 7) is 5.52. The molecule has 0 radical (unpaired) electrons. The molecular weight excluding hydrogens is 363 g/mol. The Hall–Kier alpha value is -1.71. The number of nitrogens with zero attached hydrogens (tertiary/aromatic N) is 2. The van der Waals surface area contributed by atoms with Crippen LogP contribution in [-0.4, -0.2) is 28.8 Å². The van der Waals surface area contributed by atoms with Crippen molar-refractivity contribution >= 4 is 35.1 Å². The molecule has 2 N–H and O–H groups in total. The Morgan fingerprint density at radius 3 is 2.44 bits per heavy atom. The molecule has 0 unspecified atom stereocenters. The van der Waals surface area contributed by atoms with Crippen molar-refractivity contribution in [3.63, 3.8) is 0 Å². The second kappa shape index (κ2) is 8.11. The van der Waals surface area contributed by atoms with E-state index in [1.807, 2.05) is 26.8 Å². The third kappa shape index (κ3) is 5.94. The molecule has 1 saturated carbocycles. The highest BCUT2D eigenvalue weighted by Gasteiger charge is 2.25. The fraction of sp³-hybridized carbons (Fsp3) is 0.588. The highest BCUT2D eigenvalue weighted by atomic mass is 35.5. The summed E-state index contributed by atoms with van der Waals surface area (Å²) >= 11 is 12.1.